The average Bonchev–Trinajstić information content (AvgIpc) is 2.37. The number of hydrogen-bond donors (Lipinski definition) is 0. The third kappa shape index (κ3) is 5.93. The van der Waals surface area contributed by atoms with Gasteiger partial charge >= 0.3 is 5.97 Å². The highest BCUT2D eigenvalue weighted by atomic mass is 32.2. The number of thioether (sulfide) groups is 1. The quantitative estimate of drug-likeness (QED) is 0.653. The van der Waals surface area contributed by atoms with Crippen LogP contribution in [0.3, 0.4) is 0 Å². The number of esters is 1. The van der Waals surface area contributed by atoms with Gasteiger partial charge in [0.25, 0.3) is 0 Å². The van der Waals surface area contributed by atoms with Crippen molar-refractivity contribution in [2.45, 2.75) is 13.3 Å². The van der Waals surface area contributed by atoms with Crippen LogP contribution < -0.4 is 0 Å². The second kappa shape index (κ2) is 8.36. The molecule has 0 saturated carbocycles. The zero-order valence-electron chi connectivity index (χ0n) is 10.1. The van der Waals surface area contributed by atoms with Crippen molar-refractivity contribution in [3.8, 4) is 0 Å². The third-order valence-corrected chi connectivity index (χ3v) is 3.17. The molecule has 0 aromatic rings. The van der Waals surface area contributed by atoms with Gasteiger partial charge in [0.1, 0.15) is 0 Å². The zero-order valence-corrected chi connectivity index (χ0v) is 11.0. The van der Waals surface area contributed by atoms with Crippen LogP contribution in [-0.2, 0) is 19.1 Å². The summed E-state index contributed by atoms with van der Waals surface area (Å²) in [5.41, 5.74) is 0. The number of morpholine rings is 1. The van der Waals surface area contributed by atoms with Crippen molar-refractivity contribution < 1.29 is 19.1 Å². The van der Waals surface area contributed by atoms with E-state index >= 15 is 0 Å². The number of carbonyl (C=O) groups excluding carboxylic acids is 2. The highest BCUT2D eigenvalue weighted by Gasteiger charge is 2.16. The molecule has 17 heavy (non-hydrogen) atoms. The number of rotatable bonds is 6. The number of carbonyl (C=O) groups is 2. The molecule has 0 aliphatic carbocycles. The summed E-state index contributed by atoms with van der Waals surface area (Å²) < 4.78 is 10.1. The van der Waals surface area contributed by atoms with Crippen LogP contribution in [0.4, 0.5) is 0 Å². The van der Waals surface area contributed by atoms with E-state index in [4.69, 9.17) is 9.47 Å². The molecule has 1 saturated heterocycles. The average molecular weight is 261 g/mol. The predicted octanol–water partition coefficient (Wildman–Crippen LogP) is 0.532. The van der Waals surface area contributed by atoms with Gasteiger partial charge in [-0.05, 0) is 6.42 Å². The van der Waals surface area contributed by atoms with E-state index in [1.165, 1.54) is 11.8 Å². The Morgan fingerprint density at radius 2 is 2.00 bits per heavy atom. The Morgan fingerprint density at radius 1 is 1.29 bits per heavy atom. The lowest BCUT2D eigenvalue weighted by Gasteiger charge is -2.26. The molecular formula is C11H19NO4S. The van der Waals surface area contributed by atoms with E-state index in [2.05, 4.69) is 0 Å². The van der Waals surface area contributed by atoms with Crippen molar-refractivity contribution in [1.82, 2.24) is 4.90 Å². The van der Waals surface area contributed by atoms with Gasteiger partial charge in [-0.2, -0.15) is 0 Å². The number of ether oxygens (including phenoxy) is 2. The van der Waals surface area contributed by atoms with E-state index < -0.39 is 0 Å². The van der Waals surface area contributed by atoms with Crippen molar-refractivity contribution in [3.63, 3.8) is 0 Å². The molecule has 0 spiro atoms. The molecule has 1 aliphatic rings. The minimum atomic E-state index is -0.244. The van der Waals surface area contributed by atoms with E-state index in [1.54, 1.807) is 4.90 Å². The van der Waals surface area contributed by atoms with Crippen LogP contribution in [0.1, 0.15) is 13.3 Å². The molecule has 98 valence electrons. The van der Waals surface area contributed by atoms with Gasteiger partial charge in [0.2, 0.25) is 5.91 Å². The minimum absolute atomic E-state index is 0.0709. The Kier molecular flexibility index (Phi) is 7.04. The van der Waals surface area contributed by atoms with Crippen LogP contribution in [0.5, 0.6) is 0 Å². The second-order valence-corrected chi connectivity index (χ2v) is 4.69. The van der Waals surface area contributed by atoms with Gasteiger partial charge in [-0.1, -0.05) is 6.92 Å². The van der Waals surface area contributed by atoms with Crippen LogP contribution in [0.15, 0.2) is 0 Å². The summed E-state index contributed by atoms with van der Waals surface area (Å²) in [4.78, 5) is 24.6. The Hall–Kier alpha value is -0.750. The van der Waals surface area contributed by atoms with Gasteiger partial charge in [-0.25, -0.2) is 0 Å². The lowest BCUT2D eigenvalue weighted by atomic mass is 10.4. The monoisotopic (exact) mass is 261 g/mol. The third-order valence-electron chi connectivity index (χ3n) is 2.28. The molecule has 1 fully saturated rings. The lowest BCUT2D eigenvalue weighted by Crippen LogP contribution is -2.41. The normalized spacial score (nSPS) is 15.7. The first-order chi connectivity index (χ1) is 8.24. The minimum Gasteiger partial charge on any atom is -0.465 e. The first-order valence-electron chi connectivity index (χ1n) is 5.83. The fourth-order valence-electron chi connectivity index (χ4n) is 1.38. The van der Waals surface area contributed by atoms with Crippen LogP contribution in [0.25, 0.3) is 0 Å². The molecule has 1 amide bonds. The second-order valence-electron chi connectivity index (χ2n) is 3.71. The molecule has 5 nitrogen and oxygen atoms in total. The Balaban J connectivity index is 2.08. The van der Waals surface area contributed by atoms with Crippen molar-refractivity contribution in [2.24, 2.45) is 0 Å². The lowest BCUT2D eigenvalue weighted by molar-refractivity contribution is -0.140. The fraction of sp³-hybridized carbons (Fsp3) is 0.818. The Morgan fingerprint density at radius 3 is 2.65 bits per heavy atom. The molecule has 0 unspecified atom stereocenters. The maximum atomic E-state index is 11.7. The fourth-order valence-corrected chi connectivity index (χ4v) is 2.09. The van der Waals surface area contributed by atoms with Crippen molar-refractivity contribution in [3.05, 3.63) is 0 Å². The largest absolute Gasteiger partial charge is 0.465 e. The molecule has 0 bridgehead atoms. The first-order valence-corrected chi connectivity index (χ1v) is 6.98. The van der Waals surface area contributed by atoms with Crippen LogP contribution >= 0.6 is 11.8 Å². The molecule has 0 aromatic carbocycles. The summed E-state index contributed by atoms with van der Waals surface area (Å²) >= 11 is 1.31. The van der Waals surface area contributed by atoms with E-state index in [0.717, 1.165) is 6.42 Å². The zero-order chi connectivity index (χ0) is 12.5. The smallest absolute Gasteiger partial charge is 0.315 e. The van der Waals surface area contributed by atoms with E-state index in [1.807, 2.05) is 6.92 Å². The highest BCUT2D eigenvalue weighted by Crippen LogP contribution is 2.05. The van der Waals surface area contributed by atoms with Gasteiger partial charge in [0.05, 0.1) is 31.3 Å². The van der Waals surface area contributed by atoms with Crippen molar-refractivity contribution in [1.29, 1.82) is 0 Å². The van der Waals surface area contributed by atoms with Gasteiger partial charge in [-0.15, -0.1) is 11.8 Å². The Bertz CT molecular complexity index is 254. The summed E-state index contributed by atoms with van der Waals surface area (Å²) in [7, 11) is 0. The number of hydrogen-bond acceptors (Lipinski definition) is 5. The molecule has 0 atom stereocenters. The molecule has 0 radical (unpaired) electrons. The summed E-state index contributed by atoms with van der Waals surface area (Å²) in [6, 6.07) is 0. The maximum Gasteiger partial charge on any atom is 0.315 e. The van der Waals surface area contributed by atoms with Crippen molar-refractivity contribution in [2.75, 3.05) is 44.4 Å². The van der Waals surface area contributed by atoms with Crippen LogP contribution in [0.2, 0.25) is 0 Å². The van der Waals surface area contributed by atoms with Crippen molar-refractivity contribution >= 4 is 23.6 Å². The summed E-state index contributed by atoms with van der Waals surface area (Å²) in [6.07, 6.45) is 0.823. The molecule has 0 aromatic heterocycles. The maximum absolute atomic E-state index is 11.7. The highest BCUT2D eigenvalue weighted by molar-refractivity contribution is 8.00. The van der Waals surface area contributed by atoms with E-state index in [-0.39, 0.29) is 17.6 Å². The van der Waals surface area contributed by atoms with Gasteiger partial charge in [-0.3, -0.25) is 9.59 Å². The molecule has 1 aliphatic heterocycles. The van der Waals surface area contributed by atoms with Crippen LogP contribution in [0, 0.1) is 0 Å². The summed E-state index contributed by atoms with van der Waals surface area (Å²) in [5, 5.41) is 0. The summed E-state index contributed by atoms with van der Waals surface area (Å²) in [5.74, 6) is 0.408. The SMILES string of the molecule is CCCOC(=O)CSCC(=O)N1CCOCC1. The van der Waals surface area contributed by atoms with Crippen LogP contribution in [-0.4, -0.2) is 61.2 Å². The van der Waals surface area contributed by atoms with Gasteiger partial charge < -0.3 is 14.4 Å². The Labute approximate surface area is 106 Å². The number of nitrogens with zero attached hydrogens (tertiary/aromatic N) is 1. The molecule has 1 heterocycles. The van der Waals surface area contributed by atoms with Gasteiger partial charge in [0, 0.05) is 13.1 Å². The molecule has 0 N–H and O–H groups in total. The summed E-state index contributed by atoms with van der Waals surface area (Å²) in [6.45, 7) is 4.92. The van der Waals surface area contributed by atoms with Gasteiger partial charge in [0.15, 0.2) is 0 Å². The van der Waals surface area contributed by atoms with E-state index in [0.29, 0.717) is 38.7 Å². The standard InChI is InChI=1S/C11H19NO4S/c1-2-5-16-11(14)9-17-8-10(13)12-3-6-15-7-4-12/h2-9H2,1H3. The molecule has 6 heteroatoms. The number of amides is 1. The first kappa shape index (κ1) is 14.3. The predicted molar refractivity (Wildman–Crippen MR) is 66.0 cm³/mol. The molecule has 1 rings (SSSR count). The van der Waals surface area contributed by atoms with E-state index in [9.17, 15) is 9.59 Å². The molecular weight excluding hydrogens is 242 g/mol. The topological polar surface area (TPSA) is 55.8 Å².